The molecule has 0 saturated carbocycles. The first-order valence-electron chi connectivity index (χ1n) is 5.04. The highest BCUT2D eigenvalue weighted by atomic mass is 16.2. The van der Waals surface area contributed by atoms with Gasteiger partial charge < -0.3 is 16.0 Å². The van der Waals surface area contributed by atoms with Crippen molar-refractivity contribution in [1.82, 2.24) is 10.2 Å². The zero-order chi connectivity index (χ0) is 10.8. The maximum absolute atomic E-state index is 11.4. The molecule has 4 nitrogen and oxygen atoms in total. The molecule has 1 unspecified atom stereocenters. The van der Waals surface area contributed by atoms with Crippen LogP contribution in [-0.4, -0.2) is 24.5 Å². The molecule has 0 spiro atoms. The van der Waals surface area contributed by atoms with E-state index < -0.39 is 0 Å². The topological polar surface area (TPSA) is 58.4 Å². The molecule has 1 saturated heterocycles. The number of nitrogens with two attached hydrogens (primary N) is 1. The van der Waals surface area contributed by atoms with Gasteiger partial charge in [0.15, 0.2) is 0 Å². The van der Waals surface area contributed by atoms with Gasteiger partial charge in [-0.3, -0.25) is 0 Å². The lowest BCUT2D eigenvalue weighted by molar-refractivity contribution is 0.187. The quantitative estimate of drug-likeness (QED) is 0.680. The summed E-state index contributed by atoms with van der Waals surface area (Å²) < 4.78 is 0. The fraction of sp³-hybridized carbons (Fsp3) is 0.364. The standard InChI is InChI=1S/C11H15N3O/c1-14-7-6-10(13-11(14)15)8-2-4-9(12)5-3-8/h2-5,10H,6-7,12H2,1H3,(H,13,15). The first kappa shape index (κ1) is 9.83. The van der Waals surface area contributed by atoms with Gasteiger partial charge in [0.2, 0.25) is 0 Å². The van der Waals surface area contributed by atoms with Crippen molar-refractivity contribution < 1.29 is 4.79 Å². The van der Waals surface area contributed by atoms with Crippen LogP contribution in [0.4, 0.5) is 10.5 Å². The van der Waals surface area contributed by atoms with Crippen LogP contribution in [0.3, 0.4) is 0 Å². The molecule has 4 heteroatoms. The minimum absolute atomic E-state index is 0.0110. The monoisotopic (exact) mass is 205 g/mol. The van der Waals surface area contributed by atoms with Crippen LogP contribution in [0.25, 0.3) is 0 Å². The van der Waals surface area contributed by atoms with Crippen LogP contribution in [0.5, 0.6) is 0 Å². The molecule has 2 amide bonds. The molecular formula is C11H15N3O. The second-order valence-corrected chi connectivity index (χ2v) is 3.88. The average Bonchev–Trinajstić information content (AvgIpc) is 2.23. The van der Waals surface area contributed by atoms with Crippen molar-refractivity contribution in [2.75, 3.05) is 19.3 Å². The van der Waals surface area contributed by atoms with E-state index in [4.69, 9.17) is 5.73 Å². The SMILES string of the molecule is CN1CCC(c2ccc(N)cc2)NC1=O. The lowest BCUT2D eigenvalue weighted by Gasteiger charge is -2.30. The maximum Gasteiger partial charge on any atom is 0.317 e. The van der Waals surface area contributed by atoms with E-state index in [9.17, 15) is 4.79 Å². The molecule has 15 heavy (non-hydrogen) atoms. The molecule has 0 bridgehead atoms. The molecular weight excluding hydrogens is 190 g/mol. The Labute approximate surface area is 89.1 Å². The number of nitrogens with one attached hydrogen (secondary N) is 1. The molecule has 1 aliphatic rings. The Morgan fingerprint density at radius 1 is 1.40 bits per heavy atom. The molecule has 0 aliphatic carbocycles. The van der Waals surface area contributed by atoms with Crippen molar-refractivity contribution in [3.05, 3.63) is 29.8 Å². The van der Waals surface area contributed by atoms with Gasteiger partial charge in [0.1, 0.15) is 0 Å². The molecule has 1 fully saturated rings. The number of nitrogen functional groups attached to an aromatic ring is 1. The Balaban J connectivity index is 2.12. The first-order chi connectivity index (χ1) is 7.16. The van der Waals surface area contributed by atoms with Gasteiger partial charge in [-0.2, -0.15) is 0 Å². The predicted octanol–water partition coefficient (Wildman–Crippen LogP) is 1.35. The molecule has 0 radical (unpaired) electrons. The van der Waals surface area contributed by atoms with Crippen LogP contribution in [0, 0.1) is 0 Å². The number of hydrogen-bond donors (Lipinski definition) is 2. The highest BCUT2D eigenvalue weighted by molar-refractivity contribution is 5.75. The number of carbonyl (C=O) groups excluding carboxylic acids is 1. The number of anilines is 1. The molecule has 1 aromatic rings. The van der Waals surface area contributed by atoms with E-state index in [-0.39, 0.29) is 12.1 Å². The summed E-state index contributed by atoms with van der Waals surface area (Å²) in [7, 11) is 1.80. The first-order valence-corrected chi connectivity index (χ1v) is 5.04. The predicted molar refractivity (Wildman–Crippen MR) is 59.4 cm³/mol. The summed E-state index contributed by atoms with van der Waals surface area (Å²) in [5.41, 5.74) is 7.47. The summed E-state index contributed by atoms with van der Waals surface area (Å²) >= 11 is 0. The number of hydrogen-bond acceptors (Lipinski definition) is 2. The van der Waals surface area contributed by atoms with Gasteiger partial charge in [-0.15, -0.1) is 0 Å². The Bertz CT molecular complexity index is 361. The molecule has 0 aromatic heterocycles. The van der Waals surface area contributed by atoms with Gasteiger partial charge in [0.05, 0.1) is 6.04 Å². The third kappa shape index (κ3) is 2.03. The fourth-order valence-corrected chi connectivity index (χ4v) is 1.73. The van der Waals surface area contributed by atoms with Crippen molar-refractivity contribution in [1.29, 1.82) is 0 Å². The van der Waals surface area contributed by atoms with Gasteiger partial charge in [-0.1, -0.05) is 12.1 Å². The van der Waals surface area contributed by atoms with E-state index in [2.05, 4.69) is 5.32 Å². The lowest BCUT2D eigenvalue weighted by Crippen LogP contribution is -2.45. The summed E-state index contributed by atoms with van der Waals surface area (Å²) in [6.07, 6.45) is 0.937. The second-order valence-electron chi connectivity index (χ2n) is 3.88. The Morgan fingerprint density at radius 2 is 2.07 bits per heavy atom. The third-order valence-corrected chi connectivity index (χ3v) is 2.74. The van der Waals surface area contributed by atoms with E-state index in [1.807, 2.05) is 24.3 Å². The number of amides is 2. The number of carbonyl (C=O) groups is 1. The smallest absolute Gasteiger partial charge is 0.317 e. The number of benzene rings is 1. The largest absolute Gasteiger partial charge is 0.399 e. The van der Waals surface area contributed by atoms with E-state index in [0.717, 1.165) is 24.2 Å². The summed E-state index contributed by atoms with van der Waals surface area (Å²) in [6.45, 7) is 0.793. The summed E-state index contributed by atoms with van der Waals surface area (Å²) in [5.74, 6) is 0. The van der Waals surface area contributed by atoms with E-state index in [0.29, 0.717) is 0 Å². The maximum atomic E-state index is 11.4. The average molecular weight is 205 g/mol. The van der Waals surface area contributed by atoms with Crippen molar-refractivity contribution in [3.8, 4) is 0 Å². The molecule has 2 rings (SSSR count). The number of urea groups is 1. The summed E-state index contributed by atoms with van der Waals surface area (Å²) in [6, 6.07) is 7.76. The van der Waals surface area contributed by atoms with Crippen LogP contribution in [0.15, 0.2) is 24.3 Å². The van der Waals surface area contributed by atoms with Crippen LogP contribution < -0.4 is 11.1 Å². The number of nitrogens with zero attached hydrogens (tertiary/aromatic N) is 1. The zero-order valence-electron chi connectivity index (χ0n) is 8.73. The van der Waals surface area contributed by atoms with E-state index in [1.165, 1.54) is 0 Å². The van der Waals surface area contributed by atoms with Crippen molar-refractivity contribution in [2.45, 2.75) is 12.5 Å². The minimum atomic E-state index is -0.0110. The van der Waals surface area contributed by atoms with Crippen molar-refractivity contribution in [2.24, 2.45) is 0 Å². The van der Waals surface area contributed by atoms with Crippen LogP contribution in [0.2, 0.25) is 0 Å². The molecule has 3 N–H and O–H groups in total. The molecule has 1 aliphatic heterocycles. The zero-order valence-corrected chi connectivity index (χ0v) is 8.73. The highest BCUT2D eigenvalue weighted by Crippen LogP contribution is 2.21. The molecule has 1 aromatic carbocycles. The van der Waals surface area contributed by atoms with Gasteiger partial charge in [-0.05, 0) is 24.1 Å². The Hall–Kier alpha value is -1.71. The van der Waals surface area contributed by atoms with Gasteiger partial charge in [-0.25, -0.2) is 4.79 Å². The van der Waals surface area contributed by atoms with Crippen molar-refractivity contribution >= 4 is 11.7 Å². The normalized spacial score (nSPS) is 21.3. The third-order valence-electron chi connectivity index (χ3n) is 2.74. The molecule has 1 atom stereocenters. The van der Waals surface area contributed by atoms with Gasteiger partial charge in [0, 0.05) is 19.3 Å². The van der Waals surface area contributed by atoms with Crippen molar-refractivity contribution in [3.63, 3.8) is 0 Å². The Kier molecular flexibility index (Phi) is 2.49. The summed E-state index contributed by atoms with van der Waals surface area (Å²) in [4.78, 5) is 13.1. The molecule has 80 valence electrons. The Morgan fingerprint density at radius 3 is 2.67 bits per heavy atom. The van der Waals surface area contributed by atoms with Crippen LogP contribution in [0.1, 0.15) is 18.0 Å². The minimum Gasteiger partial charge on any atom is -0.399 e. The van der Waals surface area contributed by atoms with E-state index >= 15 is 0 Å². The molecule has 1 heterocycles. The van der Waals surface area contributed by atoms with Crippen LogP contribution in [-0.2, 0) is 0 Å². The number of rotatable bonds is 1. The van der Waals surface area contributed by atoms with Gasteiger partial charge in [0.25, 0.3) is 0 Å². The summed E-state index contributed by atoms with van der Waals surface area (Å²) in [5, 5.41) is 2.95. The van der Waals surface area contributed by atoms with E-state index in [1.54, 1.807) is 11.9 Å². The fourth-order valence-electron chi connectivity index (χ4n) is 1.73. The highest BCUT2D eigenvalue weighted by Gasteiger charge is 2.22. The lowest BCUT2D eigenvalue weighted by atomic mass is 10.0. The van der Waals surface area contributed by atoms with Gasteiger partial charge >= 0.3 is 6.03 Å². The second kappa shape index (κ2) is 3.81. The van der Waals surface area contributed by atoms with Crippen LogP contribution >= 0.6 is 0 Å².